The van der Waals surface area contributed by atoms with Crippen LogP contribution in [0.1, 0.15) is 29.9 Å². The normalized spacial score (nSPS) is 14.9. The van der Waals surface area contributed by atoms with Crippen LogP contribution >= 0.6 is 23.2 Å². The Hall–Kier alpha value is -2.63. The van der Waals surface area contributed by atoms with Crippen LogP contribution in [0.2, 0.25) is 10.3 Å². The lowest BCUT2D eigenvalue weighted by atomic mass is 10.0. The maximum Gasteiger partial charge on any atom is 0.224 e. The second-order valence-corrected chi connectivity index (χ2v) is 8.26. The number of aryl methyl sites for hydroxylation is 2. The van der Waals surface area contributed by atoms with Gasteiger partial charge in [0.15, 0.2) is 0 Å². The Labute approximate surface area is 178 Å². The lowest BCUT2D eigenvalue weighted by molar-refractivity contribution is 0.393. The standard InChI is InChI=1S/C22H18Cl2N4O/c1-12-19(13(2)29-28-12)14-6-7-18-17(10-14)20(26-21(24)25-18)27-22(8-9-22)15-4-3-5-16(23)11-15/h3-7,10-11H,8-9H2,1-2H3,(H,25,26,27). The van der Waals surface area contributed by atoms with Crippen molar-refractivity contribution in [3.63, 3.8) is 0 Å². The van der Waals surface area contributed by atoms with Crippen molar-refractivity contribution in [1.29, 1.82) is 0 Å². The zero-order valence-corrected chi connectivity index (χ0v) is 17.5. The van der Waals surface area contributed by atoms with E-state index >= 15 is 0 Å². The molecule has 0 amide bonds. The van der Waals surface area contributed by atoms with Gasteiger partial charge >= 0.3 is 0 Å². The Morgan fingerprint density at radius 1 is 1.03 bits per heavy atom. The van der Waals surface area contributed by atoms with Gasteiger partial charge in [0, 0.05) is 16.0 Å². The number of hydrogen-bond donors (Lipinski definition) is 1. The van der Waals surface area contributed by atoms with Crippen molar-refractivity contribution < 1.29 is 4.52 Å². The highest BCUT2D eigenvalue weighted by Crippen LogP contribution is 2.49. The smallest absolute Gasteiger partial charge is 0.224 e. The lowest BCUT2D eigenvalue weighted by Gasteiger charge is -2.20. The second kappa shape index (κ2) is 6.71. The van der Waals surface area contributed by atoms with Crippen molar-refractivity contribution in [2.75, 3.05) is 5.32 Å². The van der Waals surface area contributed by atoms with Crippen LogP contribution in [0.25, 0.3) is 22.0 Å². The molecule has 2 aromatic heterocycles. The molecule has 0 spiro atoms. The van der Waals surface area contributed by atoms with Gasteiger partial charge in [-0.05, 0) is 73.7 Å². The van der Waals surface area contributed by atoms with E-state index in [9.17, 15) is 0 Å². The number of benzene rings is 2. The van der Waals surface area contributed by atoms with Crippen LogP contribution in [0, 0.1) is 13.8 Å². The lowest BCUT2D eigenvalue weighted by Crippen LogP contribution is -2.20. The largest absolute Gasteiger partial charge is 0.361 e. The molecule has 1 aliphatic rings. The van der Waals surface area contributed by atoms with E-state index in [4.69, 9.17) is 27.7 Å². The van der Waals surface area contributed by atoms with Crippen LogP contribution in [0.4, 0.5) is 5.82 Å². The van der Waals surface area contributed by atoms with Gasteiger partial charge in [-0.1, -0.05) is 35.0 Å². The minimum Gasteiger partial charge on any atom is -0.361 e. The zero-order valence-electron chi connectivity index (χ0n) is 16.0. The summed E-state index contributed by atoms with van der Waals surface area (Å²) < 4.78 is 5.34. The molecule has 1 aliphatic carbocycles. The fourth-order valence-corrected chi connectivity index (χ4v) is 4.24. The van der Waals surface area contributed by atoms with Gasteiger partial charge in [0.1, 0.15) is 11.6 Å². The summed E-state index contributed by atoms with van der Waals surface area (Å²) in [5.74, 6) is 1.50. The van der Waals surface area contributed by atoms with E-state index in [-0.39, 0.29) is 10.8 Å². The first-order chi connectivity index (χ1) is 13.9. The van der Waals surface area contributed by atoms with Gasteiger partial charge < -0.3 is 9.84 Å². The molecule has 2 aromatic carbocycles. The molecule has 0 bridgehead atoms. The van der Waals surface area contributed by atoms with Crippen molar-refractivity contribution in [3.05, 3.63) is 69.8 Å². The van der Waals surface area contributed by atoms with Crippen LogP contribution in [0.5, 0.6) is 0 Å². The third-order valence-electron chi connectivity index (χ3n) is 5.48. The molecule has 1 saturated carbocycles. The predicted octanol–water partition coefficient (Wildman–Crippen LogP) is 6.31. The van der Waals surface area contributed by atoms with Gasteiger partial charge in [-0.3, -0.25) is 0 Å². The average molecular weight is 425 g/mol. The number of nitrogens with zero attached hydrogens (tertiary/aromatic N) is 3. The minimum atomic E-state index is -0.186. The third kappa shape index (κ3) is 3.24. The van der Waals surface area contributed by atoms with Gasteiger partial charge in [-0.25, -0.2) is 9.97 Å². The van der Waals surface area contributed by atoms with Crippen molar-refractivity contribution in [1.82, 2.24) is 15.1 Å². The van der Waals surface area contributed by atoms with Crippen LogP contribution in [0.3, 0.4) is 0 Å². The SMILES string of the molecule is Cc1noc(C)c1-c1ccc2nc(Cl)nc(NC3(c4cccc(Cl)c4)CC3)c2c1. The van der Waals surface area contributed by atoms with Crippen LogP contribution in [-0.4, -0.2) is 15.1 Å². The molecule has 0 radical (unpaired) electrons. The monoisotopic (exact) mass is 424 g/mol. The molecule has 2 heterocycles. The van der Waals surface area contributed by atoms with Crippen LogP contribution < -0.4 is 5.32 Å². The highest BCUT2D eigenvalue weighted by Gasteiger charge is 2.45. The molecule has 5 rings (SSSR count). The van der Waals surface area contributed by atoms with E-state index < -0.39 is 0 Å². The van der Waals surface area contributed by atoms with E-state index in [1.807, 2.05) is 44.2 Å². The van der Waals surface area contributed by atoms with E-state index in [0.717, 1.165) is 56.9 Å². The topological polar surface area (TPSA) is 63.8 Å². The van der Waals surface area contributed by atoms with Gasteiger partial charge in [0.25, 0.3) is 0 Å². The summed E-state index contributed by atoms with van der Waals surface area (Å²) in [5.41, 5.74) is 4.59. The Morgan fingerprint density at radius 2 is 1.86 bits per heavy atom. The van der Waals surface area contributed by atoms with E-state index in [1.165, 1.54) is 0 Å². The van der Waals surface area contributed by atoms with Gasteiger partial charge in [-0.2, -0.15) is 0 Å². The minimum absolute atomic E-state index is 0.186. The van der Waals surface area contributed by atoms with Gasteiger partial charge in [0.05, 0.1) is 16.7 Å². The summed E-state index contributed by atoms with van der Waals surface area (Å²) >= 11 is 12.4. The summed E-state index contributed by atoms with van der Waals surface area (Å²) in [6.07, 6.45) is 2.00. The highest BCUT2D eigenvalue weighted by atomic mass is 35.5. The number of nitrogens with one attached hydrogen (secondary N) is 1. The Kier molecular flexibility index (Phi) is 4.26. The highest BCUT2D eigenvalue weighted by molar-refractivity contribution is 6.30. The van der Waals surface area contributed by atoms with Crippen LogP contribution in [-0.2, 0) is 5.54 Å². The molecular formula is C22H18Cl2N4O. The fourth-order valence-electron chi connectivity index (χ4n) is 3.87. The second-order valence-electron chi connectivity index (χ2n) is 7.49. The number of fused-ring (bicyclic) bond motifs is 1. The first-order valence-electron chi connectivity index (χ1n) is 9.40. The van der Waals surface area contributed by atoms with Crippen molar-refractivity contribution in [2.24, 2.45) is 0 Å². The summed E-state index contributed by atoms with van der Waals surface area (Å²) in [6.45, 7) is 3.85. The Balaban J connectivity index is 1.62. The number of hydrogen-bond acceptors (Lipinski definition) is 5. The summed E-state index contributed by atoms with van der Waals surface area (Å²) in [7, 11) is 0. The van der Waals surface area contributed by atoms with Crippen molar-refractivity contribution in [2.45, 2.75) is 32.2 Å². The molecule has 0 unspecified atom stereocenters. The molecule has 1 N–H and O–H groups in total. The number of halogens is 2. The predicted molar refractivity (Wildman–Crippen MR) is 116 cm³/mol. The number of rotatable bonds is 4. The first-order valence-corrected chi connectivity index (χ1v) is 10.2. The van der Waals surface area contributed by atoms with Gasteiger partial charge in [0.2, 0.25) is 5.28 Å². The zero-order chi connectivity index (χ0) is 20.2. The molecule has 0 aliphatic heterocycles. The van der Waals surface area contributed by atoms with E-state index in [1.54, 1.807) is 0 Å². The molecular weight excluding hydrogens is 407 g/mol. The van der Waals surface area contributed by atoms with Gasteiger partial charge in [-0.15, -0.1) is 0 Å². The summed E-state index contributed by atoms with van der Waals surface area (Å²) in [4.78, 5) is 8.91. The first kappa shape index (κ1) is 18.4. The molecule has 7 heteroatoms. The number of aromatic nitrogens is 3. The quantitative estimate of drug-likeness (QED) is 0.388. The molecule has 0 saturated heterocycles. The van der Waals surface area contributed by atoms with Crippen LogP contribution in [0.15, 0.2) is 47.0 Å². The summed E-state index contributed by atoms with van der Waals surface area (Å²) in [5, 5.41) is 9.54. The maximum absolute atomic E-state index is 6.23. The van der Waals surface area contributed by atoms with E-state index in [0.29, 0.717) is 5.82 Å². The maximum atomic E-state index is 6.23. The molecule has 1 fully saturated rings. The summed E-state index contributed by atoms with van der Waals surface area (Å²) in [6, 6.07) is 14.0. The molecule has 5 nitrogen and oxygen atoms in total. The number of anilines is 1. The van der Waals surface area contributed by atoms with Crippen molar-refractivity contribution in [3.8, 4) is 11.1 Å². The third-order valence-corrected chi connectivity index (χ3v) is 5.88. The Morgan fingerprint density at radius 3 is 2.55 bits per heavy atom. The van der Waals surface area contributed by atoms with E-state index in [2.05, 4.69) is 32.6 Å². The molecule has 4 aromatic rings. The molecule has 0 atom stereocenters. The molecule has 146 valence electrons. The van der Waals surface area contributed by atoms with Crippen molar-refractivity contribution >= 4 is 39.9 Å². The Bertz CT molecular complexity index is 1230. The molecule has 29 heavy (non-hydrogen) atoms. The average Bonchev–Trinajstić information content (AvgIpc) is 3.40. The fraction of sp³-hybridized carbons (Fsp3) is 0.227.